The Kier molecular flexibility index (Phi) is 5.36. The molecule has 0 aromatic carbocycles. The second-order valence-electron chi connectivity index (χ2n) is 8.90. The van der Waals surface area contributed by atoms with E-state index in [1.807, 2.05) is 67.5 Å². The molecule has 0 aliphatic carbocycles. The fraction of sp³-hybridized carbons (Fsp3) is 0.455. The molecule has 3 aromatic heterocycles. The van der Waals surface area contributed by atoms with Crippen LogP contribution in [0.4, 0.5) is 5.00 Å². The minimum atomic E-state index is -0.483. The van der Waals surface area contributed by atoms with Crippen LogP contribution in [-0.2, 0) is 4.79 Å². The summed E-state index contributed by atoms with van der Waals surface area (Å²) in [6.45, 7) is 8.89. The maximum atomic E-state index is 13.3. The van der Waals surface area contributed by atoms with Crippen molar-refractivity contribution in [2.75, 3.05) is 18.4 Å². The van der Waals surface area contributed by atoms with E-state index < -0.39 is 5.41 Å². The lowest BCUT2D eigenvalue weighted by Crippen LogP contribution is -2.39. The predicted molar refractivity (Wildman–Crippen MR) is 118 cm³/mol. The van der Waals surface area contributed by atoms with Gasteiger partial charge in [0.1, 0.15) is 5.82 Å². The van der Waals surface area contributed by atoms with Gasteiger partial charge in [0.25, 0.3) is 5.91 Å². The molecule has 4 rings (SSSR count). The molecule has 0 radical (unpaired) electrons. The summed E-state index contributed by atoms with van der Waals surface area (Å²) in [6, 6.07) is 7.73. The van der Waals surface area contributed by atoms with E-state index in [9.17, 15) is 9.59 Å². The largest absolute Gasteiger partial charge is 0.337 e. The van der Waals surface area contributed by atoms with E-state index in [1.165, 1.54) is 11.3 Å². The highest BCUT2D eigenvalue weighted by atomic mass is 32.1. The van der Waals surface area contributed by atoms with Crippen LogP contribution in [0.3, 0.4) is 0 Å². The Morgan fingerprint density at radius 1 is 1.23 bits per heavy atom. The lowest BCUT2D eigenvalue weighted by Gasteiger charge is -2.31. The van der Waals surface area contributed by atoms with Crippen molar-refractivity contribution >= 4 is 33.8 Å². The molecule has 7 nitrogen and oxygen atoms in total. The number of amides is 2. The van der Waals surface area contributed by atoms with E-state index in [0.717, 1.165) is 36.4 Å². The van der Waals surface area contributed by atoms with Crippen molar-refractivity contribution in [3.63, 3.8) is 0 Å². The number of aromatic nitrogens is 3. The third-order valence-electron chi connectivity index (χ3n) is 5.44. The number of thiophene rings is 1. The summed E-state index contributed by atoms with van der Waals surface area (Å²) < 4.78 is 2.01. The van der Waals surface area contributed by atoms with Gasteiger partial charge < -0.3 is 10.2 Å². The van der Waals surface area contributed by atoms with Crippen molar-refractivity contribution in [1.82, 2.24) is 19.5 Å². The van der Waals surface area contributed by atoms with Crippen LogP contribution in [0.1, 0.15) is 60.6 Å². The first-order valence-electron chi connectivity index (χ1n) is 10.2. The van der Waals surface area contributed by atoms with Gasteiger partial charge in [0.15, 0.2) is 5.65 Å². The van der Waals surface area contributed by atoms with E-state index in [0.29, 0.717) is 16.4 Å². The normalized spacial score (nSPS) is 17.3. The molecule has 1 saturated heterocycles. The van der Waals surface area contributed by atoms with E-state index >= 15 is 0 Å². The highest BCUT2D eigenvalue weighted by Gasteiger charge is 2.30. The van der Waals surface area contributed by atoms with Crippen LogP contribution in [0, 0.1) is 12.3 Å². The number of carbonyl (C=O) groups excluding carboxylic acids is 2. The number of nitrogens with zero attached hydrogens (tertiary/aromatic N) is 4. The first-order chi connectivity index (χ1) is 14.2. The molecule has 4 heterocycles. The molecule has 0 spiro atoms. The standard InChI is InChI=1S/C22H27N5O2S/c1-14-12-17(23-21(29)22(2,3)4)30-18(14)20(28)26-10-7-8-15(13-26)19-25-24-16-9-5-6-11-27(16)19/h5-6,9,11-12,15H,7-8,10,13H2,1-4H3,(H,23,29). The smallest absolute Gasteiger partial charge is 0.264 e. The molecular weight excluding hydrogens is 398 g/mol. The number of rotatable bonds is 3. The Balaban J connectivity index is 1.52. The van der Waals surface area contributed by atoms with Gasteiger partial charge in [-0.05, 0) is 43.5 Å². The molecule has 1 aliphatic heterocycles. The quantitative estimate of drug-likeness (QED) is 0.685. The Labute approximate surface area is 180 Å². The van der Waals surface area contributed by atoms with E-state index in [2.05, 4.69) is 15.5 Å². The molecule has 1 unspecified atom stereocenters. The highest BCUT2D eigenvalue weighted by molar-refractivity contribution is 7.18. The molecule has 1 fully saturated rings. The number of likely N-dealkylation sites (tertiary alicyclic amines) is 1. The van der Waals surface area contributed by atoms with Crippen LogP contribution in [0.15, 0.2) is 30.5 Å². The second kappa shape index (κ2) is 7.83. The Hall–Kier alpha value is -2.74. The average Bonchev–Trinajstić information content (AvgIpc) is 3.30. The second-order valence-corrected chi connectivity index (χ2v) is 9.96. The van der Waals surface area contributed by atoms with Crippen LogP contribution in [-0.4, -0.2) is 44.4 Å². The van der Waals surface area contributed by atoms with Crippen molar-refractivity contribution in [2.24, 2.45) is 5.41 Å². The van der Waals surface area contributed by atoms with E-state index in [1.54, 1.807) is 0 Å². The summed E-state index contributed by atoms with van der Waals surface area (Å²) >= 11 is 1.35. The van der Waals surface area contributed by atoms with Gasteiger partial charge in [-0.2, -0.15) is 0 Å². The zero-order chi connectivity index (χ0) is 21.5. The minimum absolute atomic E-state index is 0.0206. The van der Waals surface area contributed by atoms with Crippen molar-refractivity contribution in [3.05, 3.63) is 46.7 Å². The minimum Gasteiger partial charge on any atom is -0.337 e. The lowest BCUT2D eigenvalue weighted by molar-refractivity contribution is -0.123. The molecular formula is C22H27N5O2S. The topological polar surface area (TPSA) is 79.6 Å². The maximum Gasteiger partial charge on any atom is 0.264 e. The van der Waals surface area contributed by atoms with Gasteiger partial charge >= 0.3 is 0 Å². The number of pyridine rings is 1. The molecule has 3 aromatic rings. The van der Waals surface area contributed by atoms with Gasteiger partial charge in [0.05, 0.1) is 9.88 Å². The number of hydrogen-bond acceptors (Lipinski definition) is 5. The lowest BCUT2D eigenvalue weighted by atomic mass is 9.96. The summed E-state index contributed by atoms with van der Waals surface area (Å²) in [5, 5.41) is 12.3. The number of piperidine rings is 1. The van der Waals surface area contributed by atoms with Crippen LogP contribution < -0.4 is 5.32 Å². The summed E-state index contributed by atoms with van der Waals surface area (Å²) in [5.74, 6) is 1.02. The van der Waals surface area contributed by atoms with Gasteiger partial charge in [-0.1, -0.05) is 26.8 Å². The van der Waals surface area contributed by atoms with E-state index in [-0.39, 0.29) is 17.7 Å². The Morgan fingerprint density at radius 3 is 2.80 bits per heavy atom. The summed E-state index contributed by atoms with van der Waals surface area (Å²) in [4.78, 5) is 28.2. The van der Waals surface area contributed by atoms with Crippen LogP contribution in [0.2, 0.25) is 0 Å². The van der Waals surface area contributed by atoms with Gasteiger partial charge in [-0.15, -0.1) is 21.5 Å². The van der Waals surface area contributed by atoms with Crippen molar-refractivity contribution in [3.8, 4) is 0 Å². The molecule has 0 saturated carbocycles. The van der Waals surface area contributed by atoms with Gasteiger partial charge in [-0.3, -0.25) is 14.0 Å². The molecule has 8 heteroatoms. The number of anilines is 1. The predicted octanol–water partition coefficient (Wildman–Crippen LogP) is 4.10. The SMILES string of the molecule is Cc1cc(NC(=O)C(C)(C)C)sc1C(=O)N1CCCC(c2nnc3ccccn23)C1. The summed E-state index contributed by atoms with van der Waals surface area (Å²) in [6.07, 6.45) is 3.88. The summed E-state index contributed by atoms with van der Waals surface area (Å²) in [5.41, 5.74) is 1.23. The number of fused-ring (bicyclic) bond motifs is 1. The van der Waals surface area contributed by atoms with Crippen LogP contribution >= 0.6 is 11.3 Å². The molecule has 1 atom stereocenters. The van der Waals surface area contributed by atoms with Crippen LogP contribution in [0.25, 0.3) is 5.65 Å². The molecule has 2 amide bonds. The van der Waals surface area contributed by atoms with Gasteiger partial charge in [0.2, 0.25) is 5.91 Å². The zero-order valence-electron chi connectivity index (χ0n) is 17.8. The number of nitrogens with one attached hydrogen (secondary N) is 1. The number of aryl methyl sites for hydroxylation is 1. The molecule has 158 valence electrons. The maximum absolute atomic E-state index is 13.3. The zero-order valence-corrected chi connectivity index (χ0v) is 18.6. The third-order valence-corrected chi connectivity index (χ3v) is 6.58. The first kappa shape index (κ1) is 20.5. The Morgan fingerprint density at radius 2 is 2.03 bits per heavy atom. The van der Waals surface area contributed by atoms with Crippen molar-refractivity contribution < 1.29 is 9.59 Å². The highest BCUT2D eigenvalue weighted by Crippen LogP contribution is 2.32. The van der Waals surface area contributed by atoms with Crippen molar-refractivity contribution in [1.29, 1.82) is 0 Å². The monoisotopic (exact) mass is 425 g/mol. The fourth-order valence-electron chi connectivity index (χ4n) is 3.71. The molecule has 0 bridgehead atoms. The first-order valence-corrected chi connectivity index (χ1v) is 11.1. The van der Waals surface area contributed by atoms with Crippen molar-refractivity contribution in [2.45, 2.75) is 46.5 Å². The molecule has 1 N–H and O–H groups in total. The summed E-state index contributed by atoms with van der Waals surface area (Å²) in [7, 11) is 0. The van der Waals surface area contributed by atoms with Gasteiger partial charge in [-0.25, -0.2) is 0 Å². The van der Waals surface area contributed by atoms with Crippen LogP contribution in [0.5, 0.6) is 0 Å². The number of hydrogen-bond donors (Lipinski definition) is 1. The third kappa shape index (κ3) is 3.96. The fourth-order valence-corrected chi connectivity index (χ4v) is 4.75. The molecule has 1 aliphatic rings. The van der Waals surface area contributed by atoms with E-state index in [4.69, 9.17) is 0 Å². The van der Waals surface area contributed by atoms with Gasteiger partial charge in [0, 0.05) is 30.6 Å². The Bertz CT molecular complexity index is 1090. The molecule has 30 heavy (non-hydrogen) atoms. The average molecular weight is 426 g/mol. The number of carbonyl (C=O) groups is 2.